The van der Waals surface area contributed by atoms with E-state index in [1.807, 2.05) is 11.3 Å². The van der Waals surface area contributed by atoms with E-state index in [0.717, 1.165) is 39.0 Å². The topological polar surface area (TPSA) is 35.2 Å². The summed E-state index contributed by atoms with van der Waals surface area (Å²) in [4.78, 5) is 6.64. The minimum atomic E-state index is 0.697. The van der Waals surface area contributed by atoms with Crippen molar-refractivity contribution in [1.29, 1.82) is 0 Å². The van der Waals surface area contributed by atoms with Crippen molar-refractivity contribution < 1.29 is 0 Å². The first-order valence-electron chi connectivity index (χ1n) is 9.98. The fourth-order valence-electron chi connectivity index (χ4n) is 4.54. The Morgan fingerprint density at radius 3 is 2.67 bits per heavy atom. The highest BCUT2D eigenvalue weighted by Gasteiger charge is 2.29. The lowest BCUT2D eigenvalue weighted by molar-refractivity contribution is 0.152. The standard InChI is InChI=1S/C22H26N4S/c1-2-5-17(6-3-1)25-11-8-18(9-12-25)26-13-10-21-20(16-26)22(24-23-21)15-19-7-4-14-27-19/h1-7,14,18H,8-13,15-16H2,(H,23,24). The highest BCUT2D eigenvalue weighted by Crippen LogP contribution is 2.28. The molecule has 0 spiro atoms. The fraction of sp³-hybridized carbons (Fsp3) is 0.409. The molecule has 140 valence electrons. The quantitative estimate of drug-likeness (QED) is 0.743. The number of nitrogens with one attached hydrogen (secondary N) is 1. The summed E-state index contributed by atoms with van der Waals surface area (Å²) >= 11 is 1.83. The smallest absolute Gasteiger partial charge is 0.0722 e. The molecule has 1 aromatic carbocycles. The lowest BCUT2D eigenvalue weighted by Crippen LogP contribution is -2.46. The molecule has 2 aliphatic heterocycles. The third-order valence-corrected chi connectivity index (χ3v) is 6.95. The van der Waals surface area contributed by atoms with Gasteiger partial charge in [0.25, 0.3) is 0 Å². The SMILES string of the molecule is c1ccc(N2CCC(N3CCc4[nH]nc(Cc5cccs5)c4C3)CC2)cc1. The predicted octanol–water partition coefficient (Wildman–Crippen LogP) is 4.09. The number of H-pyrrole nitrogens is 1. The molecule has 5 rings (SSSR count). The Hall–Kier alpha value is -2.11. The van der Waals surface area contributed by atoms with Gasteiger partial charge < -0.3 is 4.90 Å². The van der Waals surface area contributed by atoms with Crippen LogP contribution in [-0.4, -0.2) is 40.8 Å². The van der Waals surface area contributed by atoms with Crippen molar-refractivity contribution in [3.8, 4) is 0 Å². The van der Waals surface area contributed by atoms with Gasteiger partial charge in [-0.15, -0.1) is 11.3 Å². The van der Waals surface area contributed by atoms with Crippen LogP contribution < -0.4 is 4.90 Å². The third kappa shape index (κ3) is 3.54. The van der Waals surface area contributed by atoms with Crippen LogP contribution in [0, 0.1) is 0 Å². The van der Waals surface area contributed by atoms with Gasteiger partial charge in [-0.3, -0.25) is 10.00 Å². The van der Waals surface area contributed by atoms with E-state index in [9.17, 15) is 0 Å². The number of aromatic nitrogens is 2. The third-order valence-electron chi connectivity index (χ3n) is 6.07. The molecule has 1 fully saturated rings. The first-order valence-corrected chi connectivity index (χ1v) is 10.9. The Balaban J connectivity index is 1.24. The second-order valence-corrected chi connectivity index (χ2v) is 8.69. The molecule has 0 atom stereocenters. The molecule has 0 amide bonds. The number of piperidine rings is 1. The van der Waals surface area contributed by atoms with Crippen molar-refractivity contribution in [2.75, 3.05) is 24.5 Å². The van der Waals surface area contributed by atoms with Crippen molar-refractivity contribution in [2.24, 2.45) is 0 Å². The Morgan fingerprint density at radius 2 is 1.89 bits per heavy atom. The molecule has 27 heavy (non-hydrogen) atoms. The number of benzene rings is 1. The maximum atomic E-state index is 4.65. The van der Waals surface area contributed by atoms with Crippen LogP contribution in [0.25, 0.3) is 0 Å². The van der Waals surface area contributed by atoms with Crippen LogP contribution in [0.4, 0.5) is 5.69 Å². The molecular weight excluding hydrogens is 352 g/mol. The lowest BCUT2D eigenvalue weighted by Gasteiger charge is -2.41. The Kier molecular flexibility index (Phi) is 4.72. The van der Waals surface area contributed by atoms with Crippen molar-refractivity contribution in [2.45, 2.75) is 38.3 Å². The highest BCUT2D eigenvalue weighted by atomic mass is 32.1. The van der Waals surface area contributed by atoms with Crippen LogP contribution in [0.1, 0.15) is 34.7 Å². The van der Waals surface area contributed by atoms with Crippen LogP contribution in [0.2, 0.25) is 0 Å². The minimum Gasteiger partial charge on any atom is -0.371 e. The molecule has 1 saturated heterocycles. The van der Waals surface area contributed by atoms with Gasteiger partial charge in [-0.25, -0.2) is 0 Å². The monoisotopic (exact) mass is 378 g/mol. The minimum absolute atomic E-state index is 0.697. The maximum absolute atomic E-state index is 4.65. The van der Waals surface area contributed by atoms with Gasteiger partial charge in [0.1, 0.15) is 0 Å². The zero-order chi connectivity index (χ0) is 18.1. The summed E-state index contributed by atoms with van der Waals surface area (Å²) < 4.78 is 0. The van der Waals surface area contributed by atoms with E-state index in [2.05, 4.69) is 67.8 Å². The van der Waals surface area contributed by atoms with Gasteiger partial charge in [-0.2, -0.15) is 5.10 Å². The molecule has 2 aliphatic rings. The van der Waals surface area contributed by atoms with Crippen molar-refractivity contribution >= 4 is 17.0 Å². The Bertz CT molecular complexity index is 863. The number of hydrogen-bond donors (Lipinski definition) is 1. The van der Waals surface area contributed by atoms with Gasteiger partial charge >= 0.3 is 0 Å². The summed E-state index contributed by atoms with van der Waals surface area (Å²) in [5.41, 5.74) is 5.43. The predicted molar refractivity (Wildman–Crippen MR) is 112 cm³/mol. The first kappa shape index (κ1) is 17.0. The number of fused-ring (bicyclic) bond motifs is 1. The van der Waals surface area contributed by atoms with E-state index in [0.29, 0.717) is 6.04 Å². The molecule has 0 unspecified atom stereocenters. The largest absolute Gasteiger partial charge is 0.371 e. The molecule has 0 radical (unpaired) electrons. The van der Waals surface area contributed by atoms with E-state index in [1.165, 1.54) is 40.4 Å². The van der Waals surface area contributed by atoms with Gasteiger partial charge in [-0.05, 0) is 36.4 Å². The highest BCUT2D eigenvalue weighted by molar-refractivity contribution is 7.09. The van der Waals surface area contributed by atoms with Crippen molar-refractivity contribution in [1.82, 2.24) is 15.1 Å². The van der Waals surface area contributed by atoms with Gasteiger partial charge in [0, 0.05) is 66.9 Å². The molecule has 5 heteroatoms. The first-order chi connectivity index (χ1) is 13.4. The van der Waals surface area contributed by atoms with E-state index >= 15 is 0 Å². The van der Waals surface area contributed by atoms with Crippen molar-refractivity contribution in [3.05, 3.63) is 69.7 Å². The van der Waals surface area contributed by atoms with Crippen LogP contribution in [-0.2, 0) is 19.4 Å². The van der Waals surface area contributed by atoms with E-state index < -0.39 is 0 Å². The van der Waals surface area contributed by atoms with Crippen LogP contribution >= 0.6 is 11.3 Å². The molecular formula is C22H26N4S. The second-order valence-electron chi connectivity index (χ2n) is 7.66. The summed E-state index contributed by atoms with van der Waals surface area (Å²) in [7, 11) is 0. The lowest BCUT2D eigenvalue weighted by atomic mass is 9.97. The Labute approximate surface area is 164 Å². The van der Waals surface area contributed by atoms with Crippen LogP contribution in [0.5, 0.6) is 0 Å². The summed E-state index contributed by atoms with van der Waals surface area (Å²) in [6.45, 7) is 4.53. The number of anilines is 1. The summed E-state index contributed by atoms with van der Waals surface area (Å²) in [5, 5.41) is 10.1. The number of hydrogen-bond acceptors (Lipinski definition) is 4. The molecule has 4 heterocycles. The summed E-state index contributed by atoms with van der Waals surface area (Å²) in [5.74, 6) is 0. The van der Waals surface area contributed by atoms with Crippen molar-refractivity contribution in [3.63, 3.8) is 0 Å². The number of thiophene rings is 1. The maximum Gasteiger partial charge on any atom is 0.0722 e. The number of aromatic amines is 1. The number of rotatable bonds is 4. The van der Waals surface area contributed by atoms with Gasteiger partial charge in [-0.1, -0.05) is 24.3 Å². The van der Waals surface area contributed by atoms with Crippen LogP contribution in [0.15, 0.2) is 47.8 Å². The molecule has 2 aromatic heterocycles. The zero-order valence-electron chi connectivity index (χ0n) is 15.6. The van der Waals surface area contributed by atoms with E-state index in [4.69, 9.17) is 0 Å². The second kappa shape index (κ2) is 7.49. The fourth-order valence-corrected chi connectivity index (χ4v) is 5.25. The van der Waals surface area contributed by atoms with Gasteiger partial charge in [0.15, 0.2) is 0 Å². The molecule has 3 aromatic rings. The van der Waals surface area contributed by atoms with E-state index in [1.54, 1.807) is 0 Å². The van der Waals surface area contributed by atoms with Gasteiger partial charge in [0.2, 0.25) is 0 Å². The summed E-state index contributed by atoms with van der Waals surface area (Å²) in [6, 6.07) is 15.9. The average molecular weight is 379 g/mol. The van der Waals surface area contributed by atoms with Gasteiger partial charge in [0.05, 0.1) is 5.69 Å². The summed E-state index contributed by atoms with van der Waals surface area (Å²) in [6.07, 6.45) is 4.57. The number of nitrogens with zero attached hydrogens (tertiary/aromatic N) is 3. The van der Waals surface area contributed by atoms with E-state index in [-0.39, 0.29) is 0 Å². The zero-order valence-corrected chi connectivity index (χ0v) is 16.4. The molecule has 4 nitrogen and oxygen atoms in total. The molecule has 1 N–H and O–H groups in total. The Morgan fingerprint density at radius 1 is 1.04 bits per heavy atom. The number of para-hydroxylation sites is 1. The normalized spacial score (nSPS) is 18.6. The average Bonchev–Trinajstić information content (AvgIpc) is 3.39. The molecule has 0 saturated carbocycles. The molecule has 0 bridgehead atoms. The van der Waals surface area contributed by atoms with Crippen LogP contribution in [0.3, 0.4) is 0 Å². The molecule has 0 aliphatic carbocycles.